The lowest BCUT2D eigenvalue weighted by Gasteiger charge is -2.36. The molecule has 6 aromatic rings. The molecular weight excluding hydrogens is 919 g/mol. The number of morpholine rings is 1. The van der Waals surface area contributed by atoms with Gasteiger partial charge in [0.05, 0.1) is 24.4 Å². The summed E-state index contributed by atoms with van der Waals surface area (Å²) in [6.45, 7) is 6.51. The van der Waals surface area contributed by atoms with E-state index in [1.807, 2.05) is 66.7 Å². The number of benzene rings is 5. The van der Waals surface area contributed by atoms with Crippen molar-refractivity contribution in [3.8, 4) is 11.1 Å². The summed E-state index contributed by atoms with van der Waals surface area (Å²) in [5, 5.41) is 3.63. The van der Waals surface area contributed by atoms with Gasteiger partial charge in [0.2, 0.25) is 0 Å². The highest BCUT2D eigenvalue weighted by Crippen LogP contribution is 2.38. The lowest BCUT2D eigenvalue weighted by atomic mass is 9.99. The topological polar surface area (TPSA) is 137 Å². The number of anilines is 3. The van der Waals surface area contributed by atoms with E-state index in [0.29, 0.717) is 69.2 Å². The van der Waals surface area contributed by atoms with Gasteiger partial charge in [-0.15, -0.1) is 11.8 Å². The number of rotatable bonds is 16. The van der Waals surface area contributed by atoms with Crippen LogP contribution in [0.1, 0.15) is 12.0 Å². The van der Waals surface area contributed by atoms with Gasteiger partial charge in [-0.05, 0) is 65.6 Å². The monoisotopic (exact) mass is 965 g/mol. The molecule has 3 heterocycles. The minimum absolute atomic E-state index is 0.194. The number of nitrogens with zero attached hydrogens (tertiary/aromatic N) is 5. The van der Waals surface area contributed by atoms with Crippen molar-refractivity contribution in [1.29, 1.82) is 0 Å². The van der Waals surface area contributed by atoms with Gasteiger partial charge >= 0.3 is 0 Å². The largest absolute Gasteiger partial charge is 0.379 e. The van der Waals surface area contributed by atoms with Crippen LogP contribution in [0.15, 0.2) is 118 Å². The van der Waals surface area contributed by atoms with Gasteiger partial charge in [-0.1, -0.05) is 66.2 Å². The van der Waals surface area contributed by atoms with Gasteiger partial charge in [0, 0.05) is 91.4 Å². The Morgan fingerprint density at radius 2 is 1.49 bits per heavy atom. The molecule has 0 amide bonds. The van der Waals surface area contributed by atoms with Crippen LogP contribution in [-0.4, -0.2) is 114 Å². The molecular formula is C46H47ClF3N7O5S3. The van der Waals surface area contributed by atoms with Crippen LogP contribution < -0.4 is 14.9 Å². The van der Waals surface area contributed by atoms with Crippen LogP contribution in [0.3, 0.4) is 0 Å². The molecule has 0 spiro atoms. The minimum Gasteiger partial charge on any atom is -0.379 e. The second-order valence-corrected chi connectivity index (χ2v) is 21.0. The molecule has 2 fully saturated rings. The molecule has 19 heteroatoms. The van der Waals surface area contributed by atoms with Crippen molar-refractivity contribution in [3.63, 3.8) is 0 Å². The van der Waals surface area contributed by atoms with E-state index in [2.05, 4.69) is 46.8 Å². The molecule has 8 rings (SSSR count). The number of nitrogens with one attached hydrogen (secondary N) is 2. The predicted octanol–water partition coefficient (Wildman–Crippen LogP) is 8.19. The standard InChI is InChI=1S/C46H47ClF3N7O5S3/c1-64(58,59)45-42(50)44(41(49)40(48)43(45)53-34(17-18-55-23-25-62-26-24-55)29-63-36-8-3-2-4-9-36)65(60,61)54-46-38-16-15-35(27-39(38)51-30-52-46)57-21-19-56(20-22-57)28-32-7-5-6-10-37(32)31-11-13-33(47)14-12-31/h2-16,27,30,34,53H,17-26,28-29H2,1H3,(H,51,52,54)/t34-/m1/s1. The number of ether oxygens (including phenoxy) is 1. The Morgan fingerprint density at radius 3 is 2.22 bits per heavy atom. The molecule has 1 aromatic heterocycles. The maximum atomic E-state index is 16.6. The van der Waals surface area contributed by atoms with Crippen molar-refractivity contribution in [1.82, 2.24) is 19.8 Å². The van der Waals surface area contributed by atoms with Crippen LogP contribution in [0.2, 0.25) is 5.02 Å². The lowest BCUT2D eigenvalue weighted by Crippen LogP contribution is -2.46. The second kappa shape index (κ2) is 20.3. The van der Waals surface area contributed by atoms with Crippen LogP contribution in [0.4, 0.5) is 30.4 Å². The van der Waals surface area contributed by atoms with Gasteiger partial charge in [-0.25, -0.2) is 40.0 Å². The Labute approximate surface area is 386 Å². The highest BCUT2D eigenvalue weighted by atomic mass is 35.5. The molecule has 2 aliphatic heterocycles. The average molecular weight is 967 g/mol. The summed E-state index contributed by atoms with van der Waals surface area (Å²) in [5.41, 5.74) is 3.59. The third kappa shape index (κ3) is 11.0. The van der Waals surface area contributed by atoms with Crippen molar-refractivity contribution in [2.45, 2.75) is 33.7 Å². The number of thioether (sulfide) groups is 1. The Hall–Kier alpha value is -4.95. The molecule has 0 saturated carbocycles. The first-order valence-electron chi connectivity index (χ1n) is 21.0. The van der Waals surface area contributed by atoms with Crippen LogP contribution in [0.5, 0.6) is 0 Å². The maximum Gasteiger partial charge on any atom is 0.269 e. The maximum absolute atomic E-state index is 16.6. The van der Waals surface area contributed by atoms with Gasteiger partial charge in [0.15, 0.2) is 38.0 Å². The van der Waals surface area contributed by atoms with Crippen molar-refractivity contribution in [2.24, 2.45) is 0 Å². The Bertz CT molecular complexity index is 2870. The molecule has 0 unspecified atom stereocenters. The van der Waals surface area contributed by atoms with E-state index in [1.54, 1.807) is 18.2 Å². The average Bonchev–Trinajstić information content (AvgIpc) is 3.29. The first-order valence-corrected chi connectivity index (χ1v) is 25.7. The molecule has 2 saturated heterocycles. The van der Waals surface area contributed by atoms with E-state index in [0.717, 1.165) is 47.7 Å². The fourth-order valence-electron chi connectivity index (χ4n) is 8.09. The van der Waals surface area contributed by atoms with Gasteiger partial charge in [-0.2, -0.15) is 0 Å². The Kier molecular flexibility index (Phi) is 14.5. The first kappa shape index (κ1) is 46.6. The fraction of sp³-hybridized carbons (Fsp3) is 0.304. The number of sulfone groups is 1. The van der Waals surface area contributed by atoms with E-state index >= 15 is 13.2 Å². The van der Waals surface area contributed by atoms with Crippen LogP contribution in [0.25, 0.3) is 22.0 Å². The highest BCUT2D eigenvalue weighted by Gasteiger charge is 2.37. The summed E-state index contributed by atoms with van der Waals surface area (Å²) in [6.07, 6.45) is 2.04. The SMILES string of the molecule is CS(=O)(=O)c1c(F)c(S(=O)(=O)Nc2ncnc3cc(N4CCN(Cc5ccccc5-c5ccc(Cl)cc5)CC4)ccc23)c(F)c(F)c1N[C@H](CCN1CCOCC1)CSc1ccccc1. The predicted molar refractivity (Wildman–Crippen MR) is 251 cm³/mol. The normalized spacial score (nSPS) is 15.9. The van der Waals surface area contributed by atoms with Crippen LogP contribution in [-0.2, 0) is 31.1 Å². The molecule has 2 aliphatic rings. The van der Waals surface area contributed by atoms with E-state index in [1.165, 1.54) is 17.3 Å². The summed E-state index contributed by atoms with van der Waals surface area (Å²) in [7, 11) is -10.0. The molecule has 0 aliphatic carbocycles. The van der Waals surface area contributed by atoms with Crippen molar-refractivity contribution in [3.05, 3.63) is 131 Å². The summed E-state index contributed by atoms with van der Waals surface area (Å²) in [6, 6.07) is 29.7. The van der Waals surface area contributed by atoms with Gasteiger partial charge in [-0.3, -0.25) is 14.5 Å². The number of fused-ring (bicyclic) bond motifs is 1. The van der Waals surface area contributed by atoms with E-state index in [9.17, 15) is 16.8 Å². The molecule has 342 valence electrons. The van der Waals surface area contributed by atoms with E-state index in [4.69, 9.17) is 16.3 Å². The van der Waals surface area contributed by atoms with E-state index < -0.39 is 58.8 Å². The molecule has 2 N–H and O–H groups in total. The molecule has 12 nitrogen and oxygen atoms in total. The number of hydrogen-bond acceptors (Lipinski definition) is 12. The number of piperazine rings is 1. The lowest BCUT2D eigenvalue weighted by molar-refractivity contribution is 0.0370. The van der Waals surface area contributed by atoms with Gasteiger partial charge in [0.1, 0.15) is 11.2 Å². The Morgan fingerprint density at radius 1 is 0.785 bits per heavy atom. The van der Waals surface area contributed by atoms with Crippen LogP contribution in [0, 0.1) is 17.5 Å². The molecule has 0 radical (unpaired) electrons. The molecule has 1 atom stereocenters. The fourth-order valence-corrected chi connectivity index (χ4v) is 11.4. The van der Waals surface area contributed by atoms with Crippen molar-refractivity contribution < 1.29 is 34.7 Å². The summed E-state index contributed by atoms with van der Waals surface area (Å²) in [4.78, 5) is 12.8. The third-order valence-corrected chi connectivity index (χ3v) is 15.4. The summed E-state index contributed by atoms with van der Waals surface area (Å²) >= 11 is 7.52. The Balaban J connectivity index is 1.00. The quantitative estimate of drug-likeness (QED) is 0.0550. The molecule has 5 aromatic carbocycles. The summed E-state index contributed by atoms with van der Waals surface area (Å²) in [5.74, 6) is -5.97. The van der Waals surface area contributed by atoms with E-state index in [-0.39, 0.29) is 17.0 Å². The zero-order valence-electron chi connectivity index (χ0n) is 35.4. The van der Waals surface area contributed by atoms with Gasteiger partial charge in [0.25, 0.3) is 10.0 Å². The molecule has 0 bridgehead atoms. The number of aromatic nitrogens is 2. The zero-order valence-corrected chi connectivity index (χ0v) is 38.6. The smallest absolute Gasteiger partial charge is 0.269 e. The van der Waals surface area contributed by atoms with Gasteiger partial charge < -0.3 is 15.0 Å². The van der Waals surface area contributed by atoms with Crippen molar-refractivity contribution >= 4 is 71.3 Å². The highest BCUT2D eigenvalue weighted by molar-refractivity contribution is 7.99. The summed E-state index contributed by atoms with van der Waals surface area (Å²) < 4.78 is 111. The third-order valence-electron chi connectivity index (χ3n) is 11.5. The number of halogens is 4. The number of hydrogen-bond donors (Lipinski definition) is 2. The number of sulfonamides is 1. The van der Waals surface area contributed by atoms with Crippen LogP contribution >= 0.6 is 23.4 Å². The first-order chi connectivity index (χ1) is 31.2. The molecule has 65 heavy (non-hydrogen) atoms. The van der Waals surface area contributed by atoms with Crippen molar-refractivity contribution in [2.75, 3.05) is 86.0 Å². The minimum atomic E-state index is -5.34. The zero-order chi connectivity index (χ0) is 45.7. The second-order valence-electron chi connectivity index (χ2n) is 15.9.